The Labute approximate surface area is 110 Å². The van der Waals surface area contributed by atoms with Crippen molar-refractivity contribution < 1.29 is 51.0 Å². The molecule has 0 bridgehead atoms. The molecule has 0 fully saturated rings. The molecule has 0 saturated carbocycles. The molecule has 0 aromatic carbocycles. The van der Waals surface area contributed by atoms with E-state index in [-0.39, 0.29) is 51.0 Å². The van der Waals surface area contributed by atoms with Gasteiger partial charge in [0.25, 0.3) is 0 Å². The van der Waals surface area contributed by atoms with Crippen LogP contribution in [-0.2, 0) is 26.2 Å². The zero-order valence-corrected chi connectivity index (χ0v) is 10.9. The van der Waals surface area contributed by atoms with Gasteiger partial charge in [-0.05, 0) is 18.2 Å². The minimum atomic E-state index is 0. The topological polar surface area (TPSA) is 3.24 Å². The predicted molar refractivity (Wildman–Crippen MR) is 42.2 cm³/mol. The van der Waals surface area contributed by atoms with Gasteiger partial charge in [0.15, 0.2) is 0 Å². The summed E-state index contributed by atoms with van der Waals surface area (Å²) in [7, 11) is 0. The van der Waals surface area contributed by atoms with Gasteiger partial charge in [0.1, 0.15) is 0 Å². The smallest absolute Gasteiger partial charge is 1.00 e. The van der Waals surface area contributed by atoms with Gasteiger partial charge in [-0.25, -0.2) is 0 Å². The second-order valence-electron chi connectivity index (χ2n) is 2.37. The average Bonchev–Trinajstić information content (AvgIpc) is 2.05. The molecular weight excluding hydrogens is 284 g/mol. The van der Waals surface area contributed by atoms with Crippen molar-refractivity contribution >= 4 is 0 Å². The maximum absolute atomic E-state index is 2.21. The SMILES string of the molecule is C1=CCN2C=CC=CC2=C1.[Cl-].[Cl-].[Zr+2]. The van der Waals surface area contributed by atoms with E-state index in [2.05, 4.69) is 47.6 Å². The second kappa shape index (κ2) is 7.61. The van der Waals surface area contributed by atoms with Crippen molar-refractivity contribution in [2.45, 2.75) is 0 Å². The van der Waals surface area contributed by atoms with Crippen molar-refractivity contribution in [1.29, 1.82) is 0 Å². The maximum atomic E-state index is 2.21. The molecule has 0 aromatic heterocycles. The summed E-state index contributed by atoms with van der Waals surface area (Å²) in [6.07, 6.45) is 14.7. The molecule has 0 N–H and O–H groups in total. The zero-order valence-electron chi connectivity index (χ0n) is 6.95. The third-order valence-electron chi connectivity index (χ3n) is 1.68. The third-order valence-corrected chi connectivity index (χ3v) is 1.68. The Hall–Kier alpha value is 0.223. The van der Waals surface area contributed by atoms with Gasteiger partial charge in [-0.1, -0.05) is 18.2 Å². The molecular formula is C9H9Cl2NZr. The first kappa shape index (κ1) is 15.7. The summed E-state index contributed by atoms with van der Waals surface area (Å²) in [5.41, 5.74) is 1.28. The normalized spacial score (nSPS) is 16.0. The van der Waals surface area contributed by atoms with Crippen LogP contribution in [0.25, 0.3) is 0 Å². The molecule has 0 aliphatic carbocycles. The molecule has 0 aromatic rings. The van der Waals surface area contributed by atoms with E-state index in [0.29, 0.717) is 0 Å². The fourth-order valence-corrected chi connectivity index (χ4v) is 1.15. The summed E-state index contributed by atoms with van der Waals surface area (Å²) in [5.74, 6) is 0. The average molecular weight is 293 g/mol. The van der Waals surface area contributed by atoms with Crippen molar-refractivity contribution in [3.05, 3.63) is 48.4 Å². The summed E-state index contributed by atoms with van der Waals surface area (Å²) in [4.78, 5) is 2.21. The van der Waals surface area contributed by atoms with Crippen molar-refractivity contribution in [2.24, 2.45) is 0 Å². The van der Waals surface area contributed by atoms with E-state index in [9.17, 15) is 0 Å². The van der Waals surface area contributed by atoms with Crippen LogP contribution in [0.4, 0.5) is 0 Å². The summed E-state index contributed by atoms with van der Waals surface area (Å²) >= 11 is 0. The first-order valence-electron chi connectivity index (χ1n) is 3.45. The van der Waals surface area contributed by atoms with E-state index in [1.165, 1.54) is 5.70 Å². The molecule has 4 heteroatoms. The standard InChI is InChI=1S/C9H9N.2ClH.Zr/c1-3-7-10-8-4-2-6-9(10)5-1;;;/h1-7H,8H2;2*1H;/q;;;+2/p-2. The summed E-state index contributed by atoms with van der Waals surface area (Å²) in [5, 5.41) is 0. The molecule has 0 spiro atoms. The number of allylic oxidation sites excluding steroid dienone is 5. The minimum absolute atomic E-state index is 0. The first-order valence-corrected chi connectivity index (χ1v) is 3.45. The zero-order chi connectivity index (χ0) is 6.81. The number of fused-ring (bicyclic) bond motifs is 1. The van der Waals surface area contributed by atoms with Crippen LogP contribution in [0.15, 0.2) is 48.4 Å². The quantitative estimate of drug-likeness (QED) is 0.438. The Bertz CT molecular complexity index is 256. The van der Waals surface area contributed by atoms with Crippen molar-refractivity contribution in [3.8, 4) is 0 Å². The van der Waals surface area contributed by atoms with Gasteiger partial charge in [0.2, 0.25) is 0 Å². The van der Waals surface area contributed by atoms with E-state index < -0.39 is 0 Å². The van der Waals surface area contributed by atoms with Crippen molar-refractivity contribution in [2.75, 3.05) is 6.54 Å². The van der Waals surface area contributed by atoms with Gasteiger partial charge in [-0.15, -0.1) is 0 Å². The maximum Gasteiger partial charge on any atom is 2.00 e. The predicted octanol–water partition coefficient (Wildman–Crippen LogP) is -4.17. The van der Waals surface area contributed by atoms with Gasteiger partial charge < -0.3 is 29.7 Å². The molecule has 2 aliphatic rings. The molecule has 13 heavy (non-hydrogen) atoms. The van der Waals surface area contributed by atoms with E-state index >= 15 is 0 Å². The summed E-state index contributed by atoms with van der Waals surface area (Å²) in [6, 6.07) is 0. The largest absolute Gasteiger partial charge is 2.00 e. The molecule has 0 radical (unpaired) electrons. The van der Waals surface area contributed by atoms with Gasteiger partial charge >= 0.3 is 26.2 Å². The fourth-order valence-electron chi connectivity index (χ4n) is 1.15. The van der Waals surface area contributed by atoms with Crippen LogP contribution in [0.5, 0.6) is 0 Å². The van der Waals surface area contributed by atoms with Crippen LogP contribution in [0.1, 0.15) is 0 Å². The monoisotopic (exact) mass is 291 g/mol. The van der Waals surface area contributed by atoms with Crippen LogP contribution in [0.3, 0.4) is 0 Å². The Morgan fingerprint density at radius 3 is 2.54 bits per heavy atom. The minimum Gasteiger partial charge on any atom is -1.00 e. The number of hydrogen-bond donors (Lipinski definition) is 0. The van der Waals surface area contributed by atoms with Gasteiger partial charge in [-0.3, -0.25) is 0 Å². The third kappa shape index (κ3) is 3.85. The van der Waals surface area contributed by atoms with E-state index in [1.54, 1.807) is 0 Å². The van der Waals surface area contributed by atoms with Crippen LogP contribution >= 0.6 is 0 Å². The summed E-state index contributed by atoms with van der Waals surface area (Å²) in [6.45, 7) is 1.01. The van der Waals surface area contributed by atoms with E-state index in [0.717, 1.165) is 6.54 Å². The molecule has 2 heterocycles. The Balaban J connectivity index is 0. The van der Waals surface area contributed by atoms with Crippen LogP contribution in [0, 0.1) is 0 Å². The second-order valence-corrected chi connectivity index (χ2v) is 2.37. The van der Waals surface area contributed by atoms with Gasteiger partial charge in [-0.2, -0.15) is 0 Å². The fraction of sp³-hybridized carbons (Fsp3) is 0.111. The number of halogens is 2. The van der Waals surface area contributed by atoms with Crippen LogP contribution in [0.2, 0.25) is 0 Å². The van der Waals surface area contributed by atoms with Gasteiger partial charge in [0.05, 0.1) is 0 Å². The molecule has 0 amide bonds. The molecule has 1 nitrogen and oxygen atoms in total. The van der Waals surface area contributed by atoms with Crippen LogP contribution < -0.4 is 24.8 Å². The molecule has 0 atom stereocenters. The molecule has 0 saturated heterocycles. The van der Waals surface area contributed by atoms with Crippen LogP contribution in [-0.4, -0.2) is 11.4 Å². The number of hydrogen-bond acceptors (Lipinski definition) is 1. The number of rotatable bonds is 0. The Kier molecular flexibility index (Phi) is 9.18. The van der Waals surface area contributed by atoms with E-state index in [1.807, 2.05) is 0 Å². The Morgan fingerprint density at radius 2 is 1.85 bits per heavy atom. The molecule has 2 rings (SSSR count). The Morgan fingerprint density at radius 1 is 1.08 bits per heavy atom. The molecule has 68 valence electrons. The van der Waals surface area contributed by atoms with Crippen molar-refractivity contribution in [3.63, 3.8) is 0 Å². The first-order chi connectivity index (χ1) is 4.97. The van der Waals surface area contributed by atoms with Crippen molar-refractivity contribution in [1.82, 2.24) is 4.90 Å². The van der Waals surface area contributed by atoms with Gasteiger partial charge in [0, 0.05) is 18.4 Å². The summed E-state index contributed by atoms with van der Waals surface area (Å²) < 4.78 is 0. The molecule has 2 aliphatic heterocycles. The number of nitrogens with zero attached hydrogens (tertiary/aromatic N) is 1. The molecule has 0 unspecified atom stereocenters. The van der Waals surface area contributed by atoms with E-state index in [4.69, 9.17) is 0 Å².